The van der Waals surface area contributed by atoms with E-state index in [1.165, 1.54) is 0 Å². The number of furan rings is 2. The molecule has 0 amide bonds. The Bertz CT molecular complexity index is 3200. The number of aromatic nitrogens is 4. The van der Waals surface area contributed by atoms with Gasteiger partial charge in [-0.05, 0) is 75.8 Å². The molecule has 0 aliphatic carbocycles. The van der Waals surface area contributed by atoms with E-state index >= 15 is 0 Å². The highest BCUT2D eigenvalue weighted by Crippen LogP contribution is 2.40. The SMILES string of the molecule is c1ccc(-c2nc(-c3ccc4cc(-c5cccc6oc7cc8cnccc8cc7c56)ccc4c3)nc(-c3cccc4oc5ccccc5c34)n2)cc1. The number of hydrogen-bond donors (Lipinski definition) is 0. The Balaban J connectivity index is 1.05. The molecule has 52 heavy (non-hydrogen) atoms. The third kappa shape index (κ3) is 4.51. The number of para-hydroxylation sites is 1. The fraction of sp³-hybridized carbons (Fsp3) is 0. The van der Waals surface area contributed by atoms with Crippen LogP contribution in [0.3, 0.4) is 0 Å². The average molecular weight is 667 g/mol. The van der Waals surface area contributed by atoms with E-state index in [0.717, 1.165) is 93.2 Å². The van der Waals surface area contributed by atoms with Crippen LogP contribution in [0.2, 0.25) is 0 Å². The summed E-state index contributed by atoms with van der Waals surface area (Å²) in [7, 11) is 0. The van der Waals surface area contributed by atoms with Crippen molar-refractivity contribution in [2.24, 2.45) is 0 Å². The first kappa shape index (κ1) is 28.6. The largest absolute Gasteiger partial charge is 0.456 e. The highest BCUT2D eigenvalue weighted by atomic mass is 16.3. The van der Waals surface area contributed by atoms with Gasteiger partial charge < -0.3 is 8.83 Å². The van der Waals surface area contributed by atoms with E-state index in [0.29, 0.717) is 17.5 Å². The van der Waals surface area contributed by atoms with Gasteiger partial charge in [0, 0.05) is 56.0 Å². The minimum absolute atomic E-state index is 0.598. The van der Waals surface area contributed by atoms with Crippen molar-refractivity contribution in [2.45, 2.75) is 0 Å². The summed E-state index contributed by atoms with van der Waals surface area (Å²) in [4.78, 5) is 19.4. The molecule has 4 heterocycles. The van der Waals surface area contributed by atoms with Crippen LogP contribution >= 0.6 is 0 Å². The second kappa shape index (κ2) is 11.2. The van der Waals surface area contributed by atoms with E-state index in [9.17, 15) is 0 Å². The van der Waals surface area contributed by atoms with Crippen molar-refractivity contribution in [1.29, 1.82) is 0 Å². The topological polar surface area (TPSA) is 77.8 Å². The number of fused-ring (bicyclic) bond motifs is 8. The number of nitrogens with zero attached hydrogens (tertiary/aromatic N) is 4. The smallest absolute Gasteiger partial charge is 0.164 e. The molecule has 0 aliphatic heterocycles. The molecule has 0 fully saturated rings. The number of hydrogen-bond acceptors (Lipinski definition) is 6. The molecular weight excluding hydrogens is 641 g/mol. The molecule has 242 valence electrons. The van der Waals surface area contributed by atoms with Crippen LogP contribution in [-0.4, -0.2) is 19.9 Å². The van der Waals surface area contributed by atoms with Crippen LogP contribution in [0.1, 0.15) is 0 Å². The summed E-state index contributed by atoms with van der Waals surface area (Å²) in [5.74, 6) is 1.82. The highest BCUT2D eigenvalue weighted by Gasteiger charge is 2.18. The van der Waals surface area contributed by atoms with Crippen molar-refractivity contribution in [1.82, 2.24) is 19.9 Å². The zero-order valence-electron chi connectivity index (χ0n) is 27.6. The van der Waals surface area contributed by atoms with Crippen molar-refractivity contribution in [2.75, 3.05) is 0 Å². The van der Waals surface area contributed by atoms with Gasteiger partial charge in [-0.3, -0.25) is 4.98 Å². The van der Waals surface area contributed by atoms with Crippen molar-refractivity contribution >= 4 is 65.4 Å². The summed E-state index contributed by atoms with van der Waals surface area (Å²) in [6.45, 7) is 0. The minimum atomic E-state index is 0.598. The second-order valence-electron chi connectivity index (χ2n) is 13.1. The van der Waals surface area contributed by atoms with Gasteiger partial charge in [-0.2, -0.15) is 0 Å². The van der Waals surface area contributed by atoms with Crippen molar-refractivity contribution in [3.63, 3.8) is 0 Å². The Morgan fingerprint density at radius 2 is 1.00 bits per heavy atom. The van der Waals surface area contributed by atoms with E-state index in [1.807, 2.05) is 85.2 Å². The molecule has 6 heteroatoms. The Morgan fingerprint density at radius 1 is 0.365 bits per heavy atom. The standard InChI is InChI=1S/C46H26N4O2/c1-2-8-27(9-3-1)44-48-45(50-46(49-44)36-12-7-15-40-43(36)35-10-4-5-13-38(35)51-40)32-19-17-28-22-31(18-16-29(28)23-32)34-11-6-14-39-42(34)37-24-30-20-21-47-26-33(30)25-41(37)52-39/h1-26H. The summed E-state index contributed by atoms with van der Waals surface area (Å²) < 4.78 is 12.6. The third-order valence-electron chi connectivity index (χ3n) is 9.97. The Kier molecular flexibility index (Phi) is 6.15. The lowest BCUT2D eigenvalue weighted by atomic mass is 9.96. The summed E-state index contributed by atoms with van der Waals surface area (Å²) in [5.41, 5.74) is 8.35. The van der Waals surface area contributed by atoms with Crippen molar-refractivity contribution in [3.05, 3.63) is 158 Å². The van der Waals surface area contributed by atoms with E-state index < -0.39 is 0 Å². The molecule has 11 aromatic rings. The maximum atomic E-state index is 6.35. The molecule has 0 radical (unpaired) electrons. The predicted octanol–water partition coefficient (Wildman–Crippen LogP) is 12.0. The second-order valence-corrected chi connectivity index (χ2v) is 13.1. The molecule has 7 aromatic carbocycles. The Morgan fingerprint density at radius 3 is 1.85 bits per heavy atom. The molecule has 0 saturated carbocycles. The van der Waals surface area contributed by atoms with Gasteiger partial charge in [-0.25, -0.2) is 15.0 Å². The molecule has 0 bridgehead atoms. The monoisotopic (exact) mass is 666 g/mol. The molecule has 0 unspecified atom stereocenters. The number of rotatable bonds is 4. The average Bonchev–Trinajstić information content (AvgIpc) is 3.77. The Hall–Kier alpha value is -7.18. The fourth-order valence-electron chi connectivity index (χ4n) is 7.50. The van der Waals surface area contributed by atoms with Gasteiger partial charge in [-0.1, -0.05) is 97.1 Å². The quantitative estimate of drug-likeness (QED) is 0.186. The lowest BCUT2D eigenvalue weighted by Gasteiger charge is -2.10. The molecule has 11 rings (SSSR count). The molecule has 4 aromatic heterocycles. The molecule has 0 spiro atoms. The van der Waals surface area contributed by atoms with Crippen molar-refractivity contribution < 1.29 is 8.83 Å². The molecule has 0 aliphatic rings. The first-order valence-electron chi connectivity index (χ1n) is 17.2. The van der Waals surface area contributed by atoms with Gasteiger partial charge in [0.15, 0.2) is 17.5 Å². The van der Waals surface area contributed by atoms with Crippen LogP contribution in [0.5, 0.6) is 0 Å². The van der Waals surface area contributed by atoms with Crippen LogP contribution < -0.4 is 0 Å². The normalized spacial score (nSPS) is 11.8. The van der Waals surface area contributed by atoms with Gasteiger partial charge in [-0.15, -0.1) is 0 Å². The van der Waals surface area contributed by atoms with Crippen LogP contribution in [0.25, 0.3) is 111 Å². The first-order valence-corrected chi connectivity index (χ1v) is 17.2. The number of benzene rings is 7. The van der Waals surface area contributed by atoms with Gasteiger partial charge in [0.1, 0.15) is 22.3 Å². The zero-order valence-corrected chi connectivity index (χ0v) is 27.6. The molecular formula is C46H26N4O2. The lowest BCUT2D eigenvalue weighted by Crippen LogP contribution is -2.00. The lowest BCUT2D eigenvalue weighted by molar-refractivity contribution is 0.669. The maximum absolute atomic E-state index is 6.35. The third-order valence-corrected chi connectivity index (χ3v) is 9.97. The Labute approximate surface area is 296 Å². The summed E-state index contributed by atoms with van der Waals surface area (Å²) in [6, 6.07) is 49.8. The van der Waals surface area contributed by atoms with E-state index in [2.05, 4.69) is 77.8 Å². The molecule has 0 saturated heterocycles. The predicted molar refractivity (Wildman–Crippen MR) is 209 cm³/mol. The van der Waals surface area contributed by atoms with Crippen LogP contribution in [0.4, 0.5) is 0 Å². The van der Waals surface area contributed by atoms with Gasteiger partial charge in [0.25, 0.3) is 0 Å². The molecule has 0 N–H and O–H groups in total. The number of pyridine rings is 1. The van der Waals surface area contributed by atoms with Crippen LogP contribution in [0, 0.1) is 0 Å². The van der Waals surface area contributed by atoms with E-state index in [4.69, 9.17) is 23.8 Å². The first-order chi connectivity index (χ1) is 25.7. The summed E-state index contributed by atoms with van der Waals surface area (Å²) >= 11 is 0. The van der Waals surface area contributed by atoms with Gasteiger partial charge in [0.2, 0.25) is 0 Å². The molecule has 6 nitrogen and oxygen atoms in total. The summed E-state index contributed by atoms with van der Waals surface area (Å²) in [5, 5.41) is 8.64. The van der Waals surface area contributed by atoms with E-state index in [1.54, 1.807) is 0 Å². The minimum Gasteiger partial charge on any atom is -0.456 e. The van der Waals surface area contributed by atoms with Crippen molar-refractivity contribution in [3.8, 4) is 45.3 Å². The fourth-order valence-corrected chi connectivity index (χ4v) is 7.50. The van der Waals surface area contributed by atoms with Gasteiger partial charge in [0.05, 0.1) is 0 Å². The van der Waals surface area contributed by atoms with Gasteiger partial charge >= 0.3 is 0 Å². The molecule has 0 atom stereocenters. The van der Waals surface area contributed by atoms with Crippen LogP contribution in [-0.2, 0) is 0 Å². The highest BCUT2D eigenvalue weighted by molar-refractivity contribution is 6.16. The summed E-state index contributed by atoms with van der Waals surface area (Å²) in [6.07, 6.45) is 3.71. The maximum Gasteiger partial charge on any atom is 0.164 e. The zero-order chi connectivity index (χ0) is 34.2. The van der Waals surface area contributed by atoms with E-state index in [-0.39, 0.29) is 0 Å². The van der Waals surface area contributed by atoms with Crippen LogP contribution in [0.15, 0.2) is 167 Å².